The number of ether oxygens (including phenoxy) is 1. The van der Waals surface area contributed by atoms with Gasteiger partial charge in [0.05, 0.1) is 31.7 Å². The molecule has 8 nitrogen and oxygen atoms in total. The molecule has 0 aromatic carbocycles. The van der Waals surface area contributed by atoms with Crippen LogP contribution in [0.5, 0.6) is 5.88 Å². The Hall–Kier alpha value is -2.48. The molecule has 0 atom stereocenters. The number of nitrogens with two attached hydrogens (primary N) is 1. The minimum Gasteiger partial charge on any atom is -0.481 e. The number of carbonyl (C=O) groups is 1. The summed E-state index contributed by atoms with van der Waals surface area (Å²) >= 11 is 0. The second-order valence-electron chi connectivity index (χ2n) is 3.70. The van der Waals surface area contributed by atoms with Crippen molar-refractivity contribution >= 4 is 11.6 Å². The highest BCUT2D eigenvalue weighted by atomic mass is 16.5. The van der Waals surface area contributed by atoms with Gasteiger partial charge >= 0.3 is 0 Å². The number of rotatable bonds is 5. The van der Waals surface area contributed by atoms with Gasteiger partial charge in [-0.1, -0.05) is 5.21 Å². The fourth-order valence-electron chi connectivity index (χ4n) is 1.41. The Kier molecular flexibility index (Phi) is 4.04. The number of methoxy groups -OCH3 is 1. The lowest BCUT2D eigenvalue weighted by molar-refractivity contribution is 0.102. The van der Waals surface area contributed by atoms with Crippen LogP contribution in [0.2, 0.25) is 0 Å². The quantitative estimate of drug-likeness (QED) is 0.778. The van der Waals surface area contributed by atoms with E-state index in [1.54, 1.807) is 18.3 Å². The zero-order valence-electron chi connectivity index (χ0n) is 10.4. The molecule has 2 aromatic heterocycles. The van der Waals surface area contributed by atoms with Crippen molar-refractivity contribution in [3.8, 4) is 5.88 Å². The molecule has 100 valence electrons. The zero-order chi connectivity index (χ0) is 13.7. The fourth-order valence-corrected chi connectivity index (χ4v) is 1.41. The molecule has 2 rings (SSSR count). The lowest BCUT2D eigenvalue weighted by atomic mass is 10.3. The molecular formula is C11H14N6O2. The van der Waals surface area contributed by atoms with Crippen molar-refractivity contribution < 1.29 is 9.53 Å². The lowest BCUT2D eigenvalue weighted by Gasteiger charge is -2.03. The number of hydrogen-bond donors (Lipinski definition) is 2. The van der Waals surface area contributed by atoms with Gasteiger partial charge in [0.15, 0.2) is 5.69 Å². The maximum absolute atomic E-state index is 11.9. The Morgan fingerprint density at radius 3 is 3.00 bits per heavy atom. The average Bonchev–Trinajstić information content (AvgIpc) is 2.89. The standard InChI is InChI=1S/C11H14N6O2/c1-19-10-3-2-8(6-13-10)14-11(18)9-7-17(5-4-12)16-15-9/h2-3,6-7H,4-5,12H2,1H3,(H,14,18). The molecule has 0 fully saturated rings. The number of hydrogen-bond acceptors (Lipinski definition) is 6. The molecule has 0 radical (unpaired) electrons. The van der Waals surface area contributed by atoms with Gasteiger partial charge in [-0.05, 0) is 6.07 Å². The predicted octanol–water partition coefficient (Wildman–Crippen LogP) is -0.107. The van der Waals surface area contributed by atoms with Gasteiger partial charge in [0, 0.05) is 12.6 Å². The summed E-state index contributed by atoms with van der Waals surface area (Å²) in [6, 6.07) is 3.34. The van der Waals surface area contributed by atoms with E-state index in [9.17, 15) is 4.79 Å². The molecule has 0 bridgehead atoms. The van der Waals surface area contributed by atoms with Gasteiger partial charge < -0.3 is 15.8 Å². The Morgan fingerprint density at radius 2 is 2.37 bits per heavy atom. The summed E-state index contributed by atoms with van der Waals surface area (Å²) in [7, 11) is 1.52. The van der Waals surface area contributed by atoms with E-state index in [1.807, 2.05) is 0 Å². The van der Waals surface area contributed by atoms with Gasteiger partial charge in [-0.2, -0.15) is 0 Å². The summed E-state index contributed by atoms with van der Waals surface area (Å²) in [6.07, 6.45) is 3.04. The van der Waals surface area contributed by atoms with Crippen molar-refractivity contribution in [2.24, 2.45) is 5.73 Å². The topological polar surface area (TPSA) is 108 Å². The molecule has 0 unspecified atom stereocenters. The molecule has 0 aliphatic rings. The van der Waals surface area contributed by atoms with Crippen molar-refractivity contribution in [3.05, 3.63) is 30.2 Å². The molecule has 0 spiro atoms. The third-order valence-electron chi connectivity index (χ3n) is 2.33. The van der Waals surface area contributed by atoms with Crippen molar-refractivity contribution in [3.63, 3.8) is 0 Å². The number of pyridine rings is 1. The van der Waals surface area contributed by atoms with Crippen LogP contribution in [0.1, 0.15) is 10.5 Å². The number of nitrogens with one attached hydrogen (secondary N) is 1. The van der Waals surface area contributed by atoms with Gasteiger partial charge in [-0.3, -0.25) is 9.48 Å². The number of nitrogens with zero attached hydrogens (tertiary/aromatic N) is 4. The average molecular weight is 262 g/mol. The molecule has 2 heterocycles. The lowest BCUT2D eigenvalue weighted by Crippen LogP contribution is -2.13. The van der Waals surface area contributed by atoms with Crippen molar-refractivity contribution in [1.29, 1.82) is 0 Å². The van der Waals surface area contributed by atoms with Crippen LogP contribution < -0.4 is 15.8 Å². The molecule has 0 aliphatic heterocycles. The Morgan fingerprint density at radius 1 is 1.53 bits per heavy atom. The highest BCUT2D eigenvalue weighted by Crippen LogP contribution is 2.11. The molecule has 1 amide bonds. The van der Waals surface area contributed by atoms with Gasteiger partial charge in [0.1, 0.15) is 0 Å². The van der Waals surface area contributed by atoms with E-state index in [4.69, 9.17) is 10.5 Å². The summed E-state index contributed by atoms with van der Waals surface area (Å²) in [4.78, 5) is 15.9. The fraction of sp³-hybridized carbons (Fsp3) is 0.273. The number of aromatic nitrogens is 4. The van der Waals surface area contributed by atoms with E-state index in [0.29, 0.717) is 24.7 Å². The van der Waals surface area contributed by atoms with Gasteiger partial charge in [-0.15, -0.1) is 5.10 Å². The summed E-state index contributed by atoms with van der Waals surface area (Å²) in [5.74, 6) is 0.127. The highest BCUT2D eigenvalue weighted by Gasteiger charge is 2.11. The van der Waals surface area contributed by atoms with Gasteiger partial charge in [0.2, 0.25) is 5.88 Å². The van der Waals surface area contributed by atoms with E-state index in [1.165, 1.54) is 18.0 Å². The molecule has 0 saturated carbocycles. The third-order valence-corrected chi connectivity index (χ3v) is 2.33. The van der Waals surface area contributed by atoms with E-state index >= 15 is 0 Å². The third kappa shape index (κ3) is 3.26. The monoisotopic (exact) mass is 262 g/mol. The van der Waals surface area contributed by atoms with Crippen LogP contribution >= 0.6 is 0 Å². The molecule has 3 N–H and O–H groups in total. The largest absolute Gasteiger partial charge is 0.481 e. The van der Waals surface area contributed by atoms with Crippen LogP contribution in [0, 0.1) is 0 Å². The molecule has 0 saturated heterocycles. The molecule has 19 heavy (non-hydrogen) atoms. The number of carbonyl (C=O) groups excluding carboxylic acids is 1. The molecule has 0 aliphatic carbocycles. The van der Waals surface area contributed by atoms with Crippen molar-refractivity contribution in [2.75, 3.05) is 19.0 Å². The second-order valence-corrected chi connectivity index (χ2v) is 3.70. The Balaban J connectivity index is 2.02. The van der Waals surface area contributed by atoms with Gasteiger partial charge in [0.25, 0.3) is 5.91 Å². The van der Waals surface area contributed by atoms with Crippen molar-refractivity contribution in [2.45, 2.75) is 6.54 Å². The first-order valence-electron chi connectivity index (χ1n) is 5.64. The summed E-state index contributed by atoms with van der Waals surface area (Å²) in [5.41, 5.74) is 6.17. The predicted molar refractivity (Wildman–Crippen MR) is 67.8 cm³/mol. The Bertz CT molecular complexity index is 551. The molecule has 8 heteroatoms. The van der Waals surface area contributed by atoms with E-state index in [0.717, 1.165) is 0 Å². The first kappa shape index (κ1) is 13.0. The minimum absolute atomic E-state index is 0.226. The van der Waals surface area contributed by atoms with Crippen LogP contribution in [-0.4, -0.2) is 39.5 Å². The smallest absolute Gasteiger partial charge is 0.277 e. The normalized spacial score (nSPS) is 10.2. The minimum atomic E-state index is -0.352. The summed E-state index contributed by atoms with van der Waals surface area (Å²) in [5, 5.41) is 10.2. The maximum Gasteiger partial charge on any atom is 0.277 e. The number of amides is 1. The maximum atomic E-state index is 11.9. The highest BCUT2D eigenvalue weighted by molar-refractivity contribution is 6.02. The zero-order valence-corrected chi connectivity index (χ0v) is 10.4. The second kappa shape index (κ2) is 5.91. The number of anilines is 1. The molecule has 2 aromatic rings. The molecular weight excluding hydrogens is 248 g/mol. The van der Waals surface area contributed by atoms with Crippen LogP contribution in [0.4, 0.5) is 5.69 Å². The van der Waals surface area contributed by atoms with Crippen LogP contribution in [0.15, 0.2) is 24.5 Å². The van der Waals surface area contributed by atoms with Crippen LogP contribution in [0.3, 0.4) is 0 Å². The SMILES string of the molecule is COc1ccc(NC(=O)c2cn(CCN)nn2)cn1. The van der Waals surface area contributed by atoms with Crippen molar-refractivity contribution in [1.82, 2.24) is 20.0 Å². The van der Waals surface area contributed by atoms with Crippen LogP contribution in [0.25, 0.3) is 0 Å². The first-order valence-corrected chi connectivity index (χ1v) is 5.64. The Labute approximate surface area is 109 Å². The first-order chi connectivity index (χ1) is 9.22. The summed E-state index contributed by atoms with van der Waals surface area (Å²) < 4.78 is 6.44. The van der Waals surface area contributed by atoms with Gasteiger partial charge in [-0.25, -0.2) is 4.98 Å². The summed E-state index contributed by atoms with van der Waals surface area (Å²) in [6.45, 7) is 0.956. The van der Waals surface area contributed by atoms with E-state index in [2.05, 4.69) is 20.6 Å². The van der Waals surface area contributed by atoms with E-state index < -0.39 is 0 Å². The van der Waals surface area contributed by atoms with Crippen LogP contribution in [-0.2, 0) is 6.54 Å². The van der Waals surface area contributed by atoms with E-state index in [-0.39, 0.29) is 11.6 Å².